The van der Waals surface area contributed by atoms with Crippen molar-refractivity contribution in [1.29, 1.82) is 0 Å². The number of rotatable bonds is 7. The van der Waals surface area contributed by atoms with Crippen LogP contribution in [0.15, 0.2) is 58.1 Å². The third kappa shape index (κ3) is 4.52. The van der Waals surface area contributed by atoms with E-state index in [1.807, 2.05) is 61.7 Å². The zero-order chi connectivity index (χ0) is 22.7. The van der Waals surface area contributed by atoms with Gasteiger partial charge in [0.2, 0.25) is 11.7 Å². The number of amides is 1. The van der Waals surface area contributed by atoms with Gasteiger partial charge < -0.3 is 15.6 Å². The average molecular weight is 449 g/mol. The predicted molar refractivity (Wildman–Crippen MR) is 126 cm³/mol. The molecule has 0 aliphatic rings. The van der Waals surface area contributed by atoms with E-state index < -0.39 is 0 Å². The second kappa shape index (κ2) is 9.27. The quantitative estimate of drug-likeness (QED) is 0.403. The van der Waals surface area contributed by atoms with Crippen LogP contribution in [0.5, 0.6) is 0 Å². The number of nitrogens with two attached hydrogens (primary N) is 1. The molecule has 9 heteroatoms. The molecule has 0 saturated carbocycles. The fourth-order valence-electron chi connectivity index (χ4n) is 3.30. The Hall–Kier alpha value is -3.59. The van der Waals surface area contributed by atoms with Crippen LogP contribution in [0.2, 0.25) is 0 Å². The van der Waals surface area contributed by atoms with E-state index in [2.05, 4.69) is 27.5 Å². The Balaban J connectivity index is 1.56. The molecule has 2 heterocycles. The average Bonchev–Trinajstić information content (AvgIpc) is 3.39. The molecule has 2 aromatic heterocycles. The van der Waals surface area contributed by atoms with Crippen molar-refractivity contribution in [3.63, 3.8) is 0 Å². The molecule has 32 heavy (non-hydrogen) atoms. The van der Waals surface area contributed by atoms with Crippen LogP contribution in [0.25, 0.3) is 22.8 Å². The molecular formula is C23H24N6O2S. The number of thioether (sulfide) groups is 1. The van der Waals surface area contributed by atoms with E-state index in [1.54, 1.807) is 0 Å². The van der Waals surface area contributed by atoms with Crippen molar-refractivity contribution in [2.75, 3.05) is 17.3 Å². The molecule has 0 radical (unpaired) electrons. The summed E-state index contributed by atoms with van der Waals surface area (Å²) in [5.41, 5.74) is 10.8. The van der Waals surface area contributed by atoms with E-state index in [-0.39, 0.29) is 18.3 Å². The number of aryl methyl sites for hydroxylation is 2. The van der Waals surface area contributed by atoms with E-state index in [4.69, 9.17) is 10.3 Å². The number of anilines is 2. The molecule has 2 aromatic carbocycles. The number of benzene rings is 2. The lowest BCUT2D eigenvalue weighted by molar-refractivity contribution is -0.116. The van der Waals surface area contributed by atoms with E-state index in [1.165, 1.54) is 22.0 Å². The SMILES string of the molecule is CCc1ccc(NC(=O)Cn2nc(SC)c(-c3nc(-c4cccc(C)c4)no3)c2N)cc1. The summed E-state index contributed by atoms with van der Waals surface area (Å²) in [6.07, 6.45) is 2.82. The standard InChI is InChI=1S/C23H24N6O2S/c1-4-15-8-10-17(11-9-15)25-18(30)13-29-20(24)19(23(27-29)32-3)22-26-21(28-31-22)16-7-5-6-14(2)12-16/h5-12H,4,13,24H2,1-3H3,(H,25,30). The van der Waals surface area contributed by atoms with Crippen molar-refractivity contribution in [1.82, 2.24) is 19.9 Å². The number of nitrogens with one attached hydrogen (secondary N) is 1. The molecule has 0 spiro atoms. The van der Waals surface area contributed by atoms with Crippen molar-refractivity contribution >= 4 is 29.2 Å². The number of carbonyl (C=O) groups excluding carboxylic acids is 1. The normalized spacial score (nSPS) is 11.0. The van der Waals surface area contributed by atoms with E-state index in [9.17, 15) is 4.79 Å². The third-order valence-corrected chi connectivity index (χ3v) is 5.68. The molecule has 8 nitrogen and oxygen atoms in total. The van der Waals surface area contributed by atoms with Gasteiger partial charge in [-0.05, 0) is 43.4 Å². The lowest BCUT2D eigenvalue weighted by Crippen LogP contribution is -2.20. The van der Waals surface area contributed by atoms with Gasteiger partial charge in [0.1, 0.15) is 23.0 Å². The maximum absolute atomic E-state index is 12.6. The van der Waals surface area contributed by atoms with Crippen LogP contribution < -0.4 is 11.1 Å². The second-order valence-corrected chi connectivity index (χ2v) is 8.11. The monoisotopic (exact) mass is 448 g/mol. The van der Waals surface area contributed by atoms with Gasteiger partial charge >= 0.3 is 0 Å². The van der Waals surface area contributed by atoms with Crippen LogP contribution >= 0.6 is 11.8 Å². The molecule has 0 fully saturated rings. The van der Waals surface area contributed by atoms with Gasteiger partial charge in [-0.3, -0.25) is 4.79 Å². The summed E-state index contributed by atoms with van der Waals surface area (Å²) < 4.78 is 6.95. The molecule has 0 aliphatic heterocycles. The summed E-state index contributed by atoms with van der Waals surface area (Å²) in [7, 11) is 0. The molecule has 0 bridgehead atoms. The molecule has 4 rings (SSSR count). The highest BCUT2D eigenvalue weighted by Gasteiger charge is 2.23. The lowest BCUT2D eigenvalue weighted by Gasteiger charge is -2.07. The minimum atomic E-state index is -0.228. The summed E-state index contributed by atoms with van der Waals surface area (Å²) in [5.74, 6) is 0.806. The molecule has 3 N–H and O–H groups in total. The number of hydrogen-bond donors (Lipinski definition) is 2. The smallest absolute Gasteiger partial charge is 0.264 e. The van der Waals surface area contributed by atoms with Gasteiger partial charge in [0, 0.05) is 11.3 Å². The Morgan fingerprint density at radius 1 is 1.22 bits per heavy atom. The lowest BCUT2D eigenvalue weighted by atomic mass is 10.1. The Morgan fingerprint density at radius 3 is 2.69 bits per heavy atom. The van der Waals surface area contributed by atoms with Crippen LogP contribution in [0.3, 0.4) is 0 Å². The molecule has 4 aromatic rings. The van der Waals surface area contributed by atoms with E-state index in [0.717, 1.165) is 23.2 Å². The Labute approximate surface area is 190 Å². The van der Waals surface area contributed by atoms with Crippen molar-refractivity contribution in [3.8, 4) is 22.8 Å². The molecule has 164 valence electrons. The van der Waals surface area contributed by atoms with Gasteiger partial charge in [-0.1, -0.05) is 48.0 Å². The number of hydrogen-bond acceptors (Lipinski definition) is 7. The number of nitrogens with zero attached hydrogens (tertiary/aromatic N) is 4. The minimum absolute atomic E-state index is 0.0339. The molecule has 0 atom stereocenters. The molecule has 1 amide bonds. The summed E-state index contributed by atoms with van der Waals surface area (Å²) in [6, 6.07) is 15.6. The van der Waals surface area contributed by atoms with E-state index in [0.29, 0.717) is 22.2 Å². The predicted octanol–water partition coefficient (Wildman–Crippen LogP) is 4.41. The minimum Gasteiger partial charge on any atom is -0.383 e. The first-order valence-corrected chi connectivity index (χ1v) is 11.4. The Bertz CT molecular complexity index is 1250. The van der Waals surface area contributed by atoms with Crippen LogP contribution in [-0.4, -0.2) is 32.1 Å². The molecular weight excluding hydrogens is 424 g/mol. The first-order chi connectivity index (χ1) is 15.5. The number of carbonyl (C=O) groups is 1. The van der Waals surface area contributed by atoms with Gasteiger partial charge in [-0.2, -0.15) is 10.1 Å². The Morgan fingerprint density at radius 2 is 2.00 bits per heavy atom. The van der Waals surface area contributed by atoms with Gasteiger partial charge in [-0.15, -0.1) is 11.8 Å². The van der Waals surface area contributed by atoms with Gasteiger partial charge in [0.25, 0.3) is 5.89 Å². The zero-order valence-corrected chi connectivity index (χ0v) is 18.9. The maximum Gasteiger partial charge on any atom is 0.264 e. The molecule has 0 unspecified atom stereocenters. The fourth-order valence-corrected chi connectivity index (χ4v) is 3.88. The van der Waals surface area contributed by atoms with Crippen molar-refractivity contribution in [2.24, 2.45) is 0 Å². The topological polar surface area (TPSA) is 112 Å². The maximum atomic E-state index is 12.6. The van der Waals surface area contributed by atoms with Crippen LogP contribution in [-0.2, 0) is 17.8 Å². The second-order valence-electron chi connectivity index (χ2n) is 7.32. The van der Waals surface area contributed by atoms with E-state index >= 15 is 0 Å². The highest BCUT2D eigenvalue weighted by molar-refractivity contribution is 7.98. The molecule has 0 saturated heterocycles. The Kier molecular flexibility index (Phi) is 6.27. The molecule has 0 aliphatic carbocycles. The highest BCUT2D eigenvalue weighted by atomic mass is 32.2. The van der Waals surface area contributed by atoms with Gasteiger partial charge in [0.05, 0.1) is 0 Å². The van der Waals surface area contributed by atoms with Crippen molar-refractivity contribution in [2.45, 2.75) is 31.8 Å². The van der Waals surface area contributed by atoms with Crippen molar-refractivity contribution < 1.29 is 9.32 Å². The zero-order valence-electron chi connectivity index (χ0n) is 18.1. The summed E-state index contributed by atoms with van der Waals surface area (Å²) in [4.78, 5) is 17.1. The summed E-state index contributed by atoms with van der Waals surface area (Å²) in [6.45, 7) is 4.05. The fraction of sp³-hybridized carbons (Fsp3) is 0.217. The first-order valence-electron chi connectivity index (χ1n) is 10.2. The van der Waals surface area contributed by atoms with Crippen molar-refractivity contribution in [3.05, 3.63) is 59.7 Å². The first kappa shape index (κ1) is 21.6. The van der Waals surface area contributed by atoms with Crippen LogP contribution in [0.4, 0.5) is 11.5 Å². The summed E-state index contributed by atoms with van der Waals surface area (Å²) in [5, 5.41) is 12.1. The van der Waals surface area contributed by atoms with Gasteiger partial charge in [0.15, 0.2) is 0 Å². The number of nitrogen functional groups attached to an aromatic ring is 1. The summed E-state index contributed by atoms with van der Waals surface area (Å²) >= 11 is 1.40. The number of aromatic nitrogens is 4. The highest BCUT2D eigenvalue weighted by Crippen LogP contribution is 2.35. The largest absolute Gasteiger partial charge is 0.383 e. The van der Waals surface area contributed by atoms with Gasteiger partial charge in [-0.25, -0.2) is 4.68 Å². The third-order valence-electron chi connectivity index (χ3n) is 5.01. The van der Waals surface area contributed by atoms with Crippen LogP contribution in [0, 0.1) is 6.92 Å². The van der Waals surface area contributed by atoms with Crippen LogP contribution in [0.1, 0.15) is 18.1 Å².